The second-order valence-corrected chi connectivity index (χ2v) is 6.16. The lowest BCUT2D eigenvalue weighted by atomic mass is 10.2. The van der Waals surface area contributed by atoms with E-state index < -0.39 is 10.0 Å². The third-order valence-corrected chi connectivity index (χ3v) is 4.60. The van der Waals surface area contributed by atoms with E-state index >= 15 is 0 Å². The molecule has 0 saturated carbocycles. The minimum absolute atomic E-state index is 0.296. The number of hydrogen-bond acceptors (Lipinski definition) is 4. The Morgan fingerprint density at radius 1 is 1.44 bits per heavy atom. The van der Waals surface area contributed by atoms with Crippen molar-refractivity contribution in [2.45, 2.75) is 18.7 Å². The van der Waals surface area contributed by atoms with E-state index in [1.165, 1.54) is 11.5 Å². The van der Waals surface area contributed by atoms with Gasteiger partial charge in [0, 0.05) is 16.8 Å². The summed E-state index contributed by atoms with van der Waals surface area (Å²) in [5.74, 6) is 0. The third-order valence-electron chi connectivity index (χ3n) is 2.27. The van der Waals surface area contributed by atoms with Gasteiger partial charge < -0.3 is 0 Å². The van der Waals surface area contributed by atoms with Crippen LogP contribution in [0.2, 0.25) is 0 Å². The molecule has 4 nitrogen and oxygen atoms in total. The van der Waals surface area contributed by atoms with E-state index in [-0.39, 0.29) is 0 Å². The molecule has 0 spiro atoms. The predicted molar refractivity (Wildman–Crippen MR) is 65.2 cm³/mol. The van der Waals surface area contributed by atoms with Gasteiger partial charge >= 0.3 is 0 Å². The summed E-state index contributed by atoms with van der Waals surface area (Å²) >= 11 is 1.39. The van der Waals surface area contributed by atoms with Crippen molar-refractivity contribution in [2.24, 2.45) is 0 Å². The molecule has 2 rings (SSSR count). The van der Waals surface area contributed by atoms with Crippen molar-refractivity contribution in [3.05, 3.63) is 23.1 Å². The van der Waals surface area contributed by atoms with Crippen LogP contribution in [0.4, 0.5) is 0 Å². The van der Waals surface area contributed by atoms with Crippen molar-refractivity contribution in [2.75, 3.05) is 6.54 Å². The first-order valence-corrected chi connectivity index (χ1v) is 7.16. The number of nitrogens with zero attached hydrogens (tertiary/aromatic N) is 1. The van der Waals surface area contributed by atoms with Gasteiger partial charge in [0.25, 0.3) is 0 Å². The van der Waals surface area contributed by atoms with Crippen LogP contribution in [0.15, 0.2) is 23.1 Å². The Balaban J connectivity index is 2.58. The number of fused-ring (bicyclic) bond motifs is 1. The normalized spacial score (nSPS) is 12.1. The lowest BCUT2D eigenvalue weighted by Gasteiger charge is -2.04. The van der Waals surface area contributed by atoms with E-state index in [2.05, 4.69) is 9.10 Å². The van der Waals surface area contributed by atoms with Gasteiger partial charge in [-0.15, -0.1) is 0 Å². The number of rotatable bonds is 3. The molecule has 1 heterocycles. The molecule has 2 aromatic rings. The van der Waals surface area contributed by atoms with E-state index in [0.717, 1.165) is 15.8 Å². The largest absolute Gasteiger partial charge is 0.240 e. The summed E-state index contributed by atoms with van der Waals surface area (Å²) < 4.78 is 30.2. The molecule has 0 atom stereocenters. The van der Waals surface area contributed by atoms with Crippen LogP contribution in [-0.2, 0) is 10.0 Å². The Hall–Kier alpha value is -0.980. The Morgan fingerprint density at radius 2 is 2.19 bits per heavy atom. The quantitative estimate of drug-likeness (QED) is 0.912. The topological polar surface area (TPSA) is 59.1 Å². The molecular weight excluding hydrogens is 244 g/mol. The van der Waals surface area contributed by atoms with Gasteiger partial charge in [0.05, 0.1) is 10.4 Å². The van der Waals surface area contributed by atoms with Crippen LogP contribution in [0.25, 0.3) is 10.9 Å². The average Bonchev–Trinajstić information content (AvgIpc) is 2.60. The molecule has 0 fully saturated rings. The number of aryl methyl sites for hydroxylation is 1. The van der Waals surface area contributed by atoms with Crippen LogP contribution in [-0.4, -0.2) is 19.3 Å². The Kier molecular flexibility index (Phi) is 2.96. The zero-order chi connectivity index (χ0) is 11.8. The highest BCUT2D eigenvalue weighted by atomic mass is 32.2. The first-order valence-electron chi connectivity index (χ1n) is 4.90. The monoisotopic (exact) mass is 256 g/mol. The highest BCUT2D eigenvalue weighted by Gasteiger charge is 2.14. The molecule has 1 aromatic heterocycles. The Bertz CT molecular complexity index is 617. The zero-order valence-electron chi connectivity index (χ0n) is 9.02. The molecular formula is C10H12N2O2S2. The summed E-state index contributed by atoms with van der Waals surface area (Å²) in [6.45, 7) is 4.08. The van der Waals surface area contributed by atoms with Gasteiger partial charge in [0.1, 0.15) is 0 Å². The summed E-state index contributed by atoms with van der Waals surface area (Å²) in [6, 6.07) is 4.99. The minimum atomic E-state index is -3.37. The van der Waals surface area contributed by atoms with Crippen LogP contribution in [0.1, 0.15) is 11.8 Å². The summed E-state index contributed by atoms with van der Waals surface area (Å²) in [6.07, 6.45) is 0. The van der Waals surface area contributed by atoms with Crippen molar-refractivity contribution >= 4 is 32.5 Å². The molecule has 0 unspecified atom stereocenters. The highest BCUT2D eigenvalue weighted by Crippen LogP contribution is 2.24. The average molecular weight is 256 g/mol. The van der Waals surface area contributed by atoms with Crippen LogP contribution in [0, 0.1) is 6.92 Å². The number of hydrogen-bond donors (Lipinski definition) is 1. The second kappa shape index (κ2) is 4.12. The smallest absolute Gasteiger partial charge is 0.211 e. The molecule has 0 aliphatic carbocycles. The molecule has 0 bridgehead atoms. The van der Waals surface area contributed by atoms with E-state index in [4.69, 9.17) is 0 Å². The number of sulfonamides is 1. The minimum Gasteiger partial charge on any atom is -0.211 e. The molecule has 86 valence electrons. The SMILES string of the molecule is CCNS(=O)(=O)c1ccc2nsc(C)c2c1. The van der Waals surface area contributed by atoms with Gasteiger partial charge in [0.2, 0.25) is 10.0 Å². The standard InChI is InChI=1S/C10H12N2O2S2/c1-3-11-16(13,14)8-4-5-10-9(6-8)7(2)15-12-10/h4-6,11H,3H2,1-2H3. The van der Waals surface area contributed by atoms with Crippen LogP contribution < -0.4 is 4.72 Å². The fourth-order valence-electron chi connectivity index (χ4n) is 1.48. The Morgan fingerprint density at radius 3 is 2.88 bits per heavy atom. The third kappa shape index (κ3) is 1.95. The molecule has 6 heteroatoms. The van der Waals surface area contributed by atoms with Crippen LogP contribution in [0.5, 0.6) is 0 Å². The van der Waals surface area contributed by atoms with Gasteiger partial charge in [-0.1, -0.05) is 6.92 Å². The first kappa shape index (κ1) is 11.5. The second-order valence-electron chi connectivity index (χ2n) is 3.42. The van der Waals surface area contributed by atoms with E-state index in [0.29, 0.717) is 11.4 Å². The fraction of sp³-hybridized carbons (Fsp3) is 0.300. The van der Waals surface area contributed by atoms with Crippen LogP contribution >= 0.6 is 11.5 Å². The molecule has 16 heavy (non-hydrogen) atoms. The van der Waals surface area contributed by atoms with Gasteiger partial charge in [0.15, 0.2) is 0 Å². The summed E-state index contributed by atoms with van der Waals surface area (Å²) in [5.41, 5.74) is 0.845. The maximum atomic E-state index is 11.8. The molecule has 1 N–H and O–H groups in total. The predicted octanol–water partition coefficient (Wildman–Crippen LogP) is 1.90. The molecule has 0 saturated heterocycles. The highest BCUT2D eigenvalue weighted by molar-refractivity contribution is 7.89. The first-order chi connectivity index (χ1) is 7.54. The van der Waals surface area contributed by atoms with Crippen molar-refractivity contribution in [3.63, 3.8) is 0 Å². The zero-order valence-corrected chi connectivity index (χ0v) is 10.7. The van der Waals surface area contributed by atoms with Crippen molar-refractivity contribution in [3.8, 4) is 0 Å². The summed E-state index contributed by atoms with van der Waals surface area (Å²) in [7, 11) is -3.37. The number of benzene rings is 1. The van der Waals surface area contributed by atoms with Crippen molar-refractivity contribution in [1.29, 1.82) is 0 Å². The van der Waals surface area contributed by atoms with Gasteiger partial charge in [-0.3, -0.25) is 0 Å². The number of nitrogens with one attached hydrogen (secondary N) is 1. The van der Waals surface area contributed by atoms with Crippen molar-refractivity contribution < 1.29 is 8.42 Å². The summed E-state index contributed by atoms with van der Waals surface area (Å²) in [5, 5.41) is 0.906. The lowest BCUT2D eigenvalue weighted by Crippen LogP contribution is -2.22. The lowest BCUT2D eigenvalue weighted by molar-refractivity contribution is 0.584. The van der Waals surface area contributed by atoms with Gasteiger partial charge in [-0.2, -0.15) is 4.37 Å². The summed E-state index contributed by atoms with van der Waals surface area (Å²) in [4.78, 5) is 1.33. The number of aromatic nitrogens is 1. The van der Waals surface area contributed by atoms with Crippen molar-refractivity contribution in [1.82, 2.24) is 9.10 Å². The molecule has 0 aliphatic heterocycles. The molecule has 0 aliphatic rings. The van der Waals surface area contributed by atoms with Gasteiger partial charge in [-0.25, -0.2) is 13.1 Å². The van der Waals surface area contributed by atoms with E-state index in [9.17, 15) is 8.42 Å². The Labute approximate surface area is 98.5 Å². The molecule has 1 aromatic carbocycles. The van der Waals surface area contributed by atoms with Gasteiger partial charge in [-0.05, 0) is 36.7 Å². The van der Waals surface area contributed by atoms with E-state index in [1.807, 2.05) is 6.92 Å². The van der Waals surface area contributed by atoms with E-state index in [1.54, 1.807) is 25.1 Å². The fourth-order valence-corrected chi connectivity index (χ4v) is 3.21. The molecule has 0 radical (unpaired) electrons. The van der Waals surface area contributed by atoms with Crippen LogP contribution in [0.3, 0.4) is 0 Å². The maximum absolute atomic E-state index is 11.8. The maximum Gasteiger partial charge on any atom is 0.240 e. The molecule has 0 amide bonds.